The standard InChI is InChI=1S/C10H8FNO2S.C9H6FNO2S.Li.2H2O/c1-5-6(11)4-12-7-3-8(10(13)14-2)15-9(5)7;1-4-5(10)3-11-6-2-7(9(12)13)14-8(4)6;;;/h3-4H,1-2H3;2-3H,1H3,(H,12,13);;2*1H2/q;;+1;;/p-1. The van der Waals surface area contributed by atoms with Gasteiger partial charge in [0.1, 0.15) is 21.4 Å². The Balaban J connectivity index is 0.000000550. The molecule has 0 saturated heterocycles. The van der Waals surface area contributed by atoms with Crippen molar-refractivity contribution in [3.63, 3.8) is 0 Å². The van der Waals surface area contributed by atoms with Gasteiger partial charge >= 0.3 is 30.8 Å². The first-order chi connectivity index (χ1) is 13.7. The molecule has 0 aliphatic carbocycles. The number of pyridine rings is 2. The normalized spacial score (nSPS) is 9.66. The maximum absolute atomic E-state index is 13.2. The van der Waals surface area contributed by atoms with Gasteiger partial charge in [-0.05, 0) is 26.0 Å². The van der Waals surface area contributed by atoms with Crippen molar-refractivity contribution in [1.29, 1.82) is 0 Å². The van der Waals surface area contributed by atoms with Crippen LogP contribution in [-0.4, -0.2) is 45.1 Å². The van der Waals surface area contributed by atoms with Crippen LogP contribution in [-0.2, 0) is 4.74 Å². The predicted molar refractivity (Wildman–Crippen MR) is 112 cm³/mol. The summed E-state index contributed by atoms with van der Waals surface area (Å²) in [7, 11) is 1.31. The molecule has 0 bridgehead atoms. The first kappa shape index (κ1) is 29.5. The number of aromatic carboxylic acids is 1. The molecule has 0 amide bonds. The largest absolute Gasteiger partial charge is 1.00 e. The Labute approximate surface area is 200 Å². The molecular weight excluding hydrogens is 461 g/mol. The number of carboxylic acid groups (broad SMARTS) is 1. The Morgan fingerprint density at radius 3 is 1.75 bits per heavy atom. The Bertz CT molecular complexity index is 1260. The molecule has 166 valence electrons. The first-order valence-corrected chi connectivity index (χ1v) is 9.77. The van der Waals surface area contributed by atoms with E-state index in [1.54, 1.807) is 19.9 Å². The molecule has 4 aromatic heterocycles. The smallest absolute Gasteiger partial charge is 0.870 e. The number of rotatable bonds is 2. The molecule has 8 nitrogen and oxygen atoms in total. The minimum absolute atomic E-state index is 0. The van der Waals surface area contributed by atoms with E-state index in [2.05, 4.69) is 14.7 Å². The fourth-order valence-electron chi connectivity index (χ4n) is 2.46. The molecule has 0 aliphatic rings. The molecule has 4 rings (SSSR count). The minimum atomic E-state index is -1.01. The summed E-state index contributed by atoms with van der Waals surface area (Å²) in [6.45, 7) is 3.28. The predicted octanol–water partition coefficient (Wildman–Crippen LogP) is 0.975. The van der Waals surface area contributed by atoms with Gasteiger partial charge in [-0.25, -0.2) is 18.4 Å². The Morgan fingerprint density at radius 1 is 0.938 bits per heavy atom. The van der Waals surface area contributed by atoms with E-state index in [4.69, 9.17) is 5.11 Å². The number of carbonyl (C=O) groups excluding carboxylic acids is 1. The first-order valence-electron chi connectivity index (χ1n) is 8.13. The summed E-state index contributed by atoms with van der Waals surface area (Å²) < 4.78 is 32.1. The Hall–Kier alpha value is -2.46. The van der Waals surface area contributed by atoms with E-state index < -0.39 is 17.8 Å². The maximum Gasteiger partial charge on any atom is 1.00 e. The number of aryl methyl sites for hydroxylation is 2. The van der Waals surface area contributed by atoms with Gasteiger partial charge in [0.05, 0.1) is 39.9 Å². The zero-order valence-electron chi connectivity index (χ0n) is 17.4. The van der Waals surface area contributed by atoms with Crippen LogP contribution in [0.3, 0.4) is 0 Å². The van der Waals surface area contributed by atoms with E-state index in [0.29, 0.717) is 36.4 Å². The number of hydrogen-bond donors (Lipinski definition) is 1. The van der Waals surface area contributed by atoms with E-state index >= 15 is 0 Å². The second kappa shape index (κ2) is 12.0. The van der Waals surface area contributed by atoms with Crippen LogP contribution in [0.15, 0.2) is 24.5 Å². The van der Waals surface area contributed by atoms with Crippen molar-refractivity contribution < 1.29 is 58.0 Å². The molecule has 4 heterocycles. The number of thiophene rings is 2. The molecule has 0 aliphatic heterocycles. The number of esters is 1. The molecule has 0 radical (unpaired) electrons. The van der Waals surface area contributed by atoms with Crippen molar-refractivity contribution in [2.24, 2.45) is 0 Å². The van der Waals surface area contributed by atoms with Crippen LogP contribution in [0.1, 0.15) is 30.5 Å². The number of carboxylic acids is 1. The molecule has 4 N–H and O–H groups in total. The van der Waals surface area contributed by atoms with Gasteiger partial charge in [-0.3, -0.25) is 9.97 Å². The number of aromatic nitrogens is 2. The average Bonchev–Trinajstić information content (AvgIpc) is 3.33. The quantitative estimate of drug-likeness (QED) is 0.333. The Kier molecular flexibility index (Phi) is 11.0. The second-order valence-corrected chi connectivity index (χ2v) is 8.01. The van der Waals surface area contributed by atoms with Crippen LogP contribution in [0.4, 0.5) is 8.78 Å². The van der Waals surface area contributed by atoms with E-state index in [1.807, 2.05) is 0 Å². The molecule has 32 heavy (non-hydrogen) atoms. The van der Waals surface area contributed by atoms with Gasteiger partial charge in [-0.2, -0.15) is 0 Å². The third-order valence-corrected chi connectivity index (χ3v) is 6.51. The van der Waals surface area contributed by atoms with E-state index in [1.165, 1.54) is 24.5 Å². The summed E-state index contributed by atoms with van der Waals surface area (Å²) >= 11 is 2.24. The van der Waals surface area contributed by atoms with Crippen LogP contribution in [0, 0.1) is 25.5 Å². The van der Waals surface area contributed by atoms with E-state index in [0.717, 1.165) is 23.7 Å². The van der Waals surface area contributed by atoms with Crippen molar-refractivity contribution >= 4 is 55.0 Å². The molecule has 13 heteroatoms. The van der Waals surface area contributed by atoms with Crippen LogP contribution >= 0.6 is 22.7 Å². The topological polar surface area (TPSA) is 151 Å². The maximum atomic E-state index is 13.2. The summed E-state index contributed by atoms with van der Waals surface area (Å²) in [4.78, 5) is 30.2. The number of fused-ring (bicyclic) bond motifs is 2. The number of carbonyl (C=O) groups is 2. The summed E-state index contributed by atoms with van der Waals surface area (Å²) in [6.07, 6.45) is 2.27. The zero-order chi connectivity index (χ0) is 21.3. The number of ether oxygens (including phenoxy) is 1. The van der Waals surface area contributed by atoms with Gasteiger partial charge in [0.25, 0.3) is 0 Å². The van der Waals surface area contributed by atoms with E-state index in [-0.39, 0.29) is 40.5 Å². The van der Waals surface area contributed by atoms with Crippen molar-refractivity contribution in [2.75, 3.05) is 7.11 Å². The Morgan fingerprint density at radius 2 is 1.34 bits per heavy atom. The van der Waals surface area contributed by atoms with Crippen LogP contribution in [0.5, 0.6) is 0 Å². The zero-order valence-corrected chi connectivity index (χ0v) is 19.0. The number of methoxy groups -OCH3 is 1. The van der Waals surface area contributed by atoms with Crippen LogP contribution in [0.25, 0.3) is 20.4 Å². The van der Waals surface area contributed by atoms with Gasteiger partial charge in [0.15, 0.2) is 0 Å². The van der Waals surface area contributed by atoms with Crippen molar-refractivity contribution in [1.82, 2.24) is 9.97 Å². The summed E-state index contributed by atoms with van der Waals surface area (Å²) in [6, 6.07) is 3.06. The van der Waals surface area contributed by atoms with Crippen LogP contribution < -0.4 is 18.9 Å². The molecule has 0 aromatic carbocycles. The fourth-order valence-corrected chi connectivity index (χ4v) is 4.43. The molecule has 0 fully saturated rings. The third kappa shape index (κ3) is 5.86. The monoisotopic (exact) mass is 478 g/mol. The molecule has 0 saturated carbocycles. The summed E-state index contributed by atoms with van der Waals surface area (Å²) in [5.41, 5.74) is 2.12. The fraction of sp³-hybridized carbons (Fsp3) is 0.158. The van der Waals surface area contributed by atoms with Crippen LogP contribution in [0.2, 0.25) is 0 Å². The van der Waals surface area contributed by atoms with Gasteiger partial charge in [0.2, 0.25) is 0 Å². The molecule has 0 atom stereocenters. The summed E-state index contributed by atoms with van der Waals surface area (Å²) in [5, 5.41) is 8.73. The van der Waals surface area contributed by atoms with Gasteiger partial charge in [-0.15, -0.1) is 22.7 Å². The SMILES string of the molecule is COC(=O)c1cc2ncc(F)c(C)c2s1.Cc1c(F)cnc2cc(C(=O)O)sc12.O.[Li+].[OH-]. The molecule has 0 unspecified atom stereocenters. The van der Waals surface area contributed by atoms with Crippen molar-refractivity contribution in [2.45, 2.75) is 13.8 Å². The van der Waals surface area contributed by atoms with Crippen molar-refractivity contribution in [3.05, 3.63) is 57.0 Å². The molecular formula is C19H17F2LiN2O6S2. The third-order valence-electron chi connectivity index (χ3n) is 4.05. The average molecular weight is 478 g/mol. The number of halogens is 2. The molecule has 4 aromatic rings. The van der Waals surface area contributed by atoms with E-state index in [9.17, 15) is 18.4 Å². The molecule has 0 spiro atoms. The minimum Gasteiger partial charge on any atom is -0.870 e. The number of hydrogen-bond acceptors (Lipinski definition) is 8. The van der Waals surface area contributed by atoms with Crippen molar-refractivity contribution in [3.8, 4) is 0 Å². The second-order valence-electron chi connectivity index (χ2n) is 5.91. The summed E-state index contributed by atoms with van der Waals surface area (Å²) in [5.74, 6) is -2.19. The number of nitrogens with zero attached hydrogens (tertiary/aromatic N) is 2. The van der Waals surface area contributed by atoms with Gasteiger partial charge in [-0.1, -0.05) is 0 Å². The van der Waals surface area contributed by atoms with Gasteiger partial charge in [0, 0.05) is 11.1 Å². The van der Waals surface area contributed by atoms with Gasteiger partial charge < -0.3 is 20.8 Å².